The molecule has 0 aliphatic carbocycles. The van der Waals surface area contributed by atoms with Gasteiger partial charge in [0.05, 0.1) is 11.4 Å². The van der Waals surface area contributed by atoms with Gasteiger partial charge in [-0.25, -0.2) is 4.68 Å². The Morgan fingerprint density at radius 2 is 1.51 bits per heavy atom. The van der Waals surface area contributed by atoms with Crippen molar-refractivity contribution in [3.8, 4) is 16.9 Å². The lowest BCUT2D eigenvalue weighted by Crippen LogP contribution is -2.49. The molecule has 1 aliphatic rings. The number of carbonyl (C=O) groups excluding carboxylic acids is 1. The third kappa shape index (κ3) is 5.42. The summed E-state index contributed by atoms with van der Waals surface area (Å²) < 4.78 is 1.79. The van der Waals surface area contributed by atoms with Gasteiger partial charge in [-0.2, -0.15) is 5.10 Å². The van der Waals surface area contributed by atoms with Gasteiger partial charge in [0.15, 0.2) is 0 Å². The van der Waals surface area contributed by atoms with Gasteiger partial charge in [-0.1, -0.05) is 90.5 Å². The third-order valence-corrected chi connectivity index (χ3v) is 6.41. The lowest BCUT2D eigenvalue weighted by atomic mass is 10.1. The molecule has 3 aromatic carbocycles. The first-order valence-electron chi connectivity index (χ1n) is 12.1. The Balaban J connectivity index is 1.31. The van der Waals surface area contributed by atoms with Crippen LogP contribution in [-0.4, -0.2) is 58.2 Å². The number of piperazine rings is 1. The summed E-state index contributed by atoms with van der Waals surface area (Å²) in [4.78, 5) is 18.0. The number of rotatable bonds is 6. The number of amides is 1. The van der Waals surface area contributed by atoms with Gasteiger partial charge in [0.2, 0.25) is 0 Å². The van der Waals surface area contributed by atoms with Crippen LogP contribution in [0, 0.1) is 6.92 Å². The molecular formula is C30H30N4O. The summed E-state index contributed by atoms with van der Waals surface area (Å²) in [6.45, 7) is 6.07. The smallest absolute Gasteiger partial charge is 0.272 e. The average molecular weight is 463 g/mol. The molecule has 0 atom stereocenters. The quantitative estimate of drug-likeness (QED) is 0.390. The fourth-order valence-electron chi connectivity index (χ4n) is 4.36. The molecule has 1 aliphatic heterocycles. The van der Waals surface area contributed by atoms with Gasteiger partial charge < -0.3 is 4.90 Å². The number of hydrogen-bond donors (Lipinski definition) is 0. The van der Waals surface area contributed by atoms with Gasteiger partial charge in [-0.15, -0.1) is 0 Å². The molecule has 1 saturated heterocycles. The minimum absolute atomic E-state index is 0.0275. The minimum Gasteiger partial charge on any atom is -0.335 e. The van der Waals surface area contributed by atoms with E-state index in [9.17, 15) is 4.79 Å². The van der Waals surface area contributed by atoms with E-state index in [4.69, 9.17) is 5.10 Å². The number of carbonyl (C=O) groups is 1. The first-order chi connectivity index (χ1) is 17.2. The number of nitrogens with zero attached hydrogens (tertiary/aromatic N) is 4. The zero-order valence-electron chi connectivity index (χ0n) is 20.0. The van der Waals surface area contributed by atoms with Crippen LogP contribution in [0.15, 0.2) is 97.1 Å². The highest BCUT2D eigenvalue weighted by molar-refractivity contribution is 5.94. The van der Waals surface area contributed by atoms with Crippen molar-refractivity contribution in [2.24, 2.45) is 0 Å². The Kier molecular flexibility index (Phi) is 6.87. The first-order valence-corrected chi connectivity index (χ1v) is 12.1. The van der Waals surface area contributed by atoms with Crippen molar-refractivity contribution in [2.75, 3.05) is 32.7 Å². The van der Waals surface area contributed by atoms with Crippen LogP contribution in [0.5, 0.6) is 0 Å². The molecular weight excluding hydrogens is 432 g/mol. The normalized spacial score (nSPS) is 14.5. The maximum absolute atomic E-state index is 13.6. The molecule has 0 radical (unpaired) electrons. The monoisotopic (exact) mass is 462 g/mol. The van der Waals surface area contributed by atoms with E-state index in [0.717, 1.165) is 36.6 Å². The van der Waals surface area contributed by atoms with Crippen LogP contribution in [0.3, 0.4) is 0 Å². The maximum atomic E-state index is 13.6. The fraction of sp³-hybridized carbons (Fsp3) is 0.200. The fourth-order valence-corrected chi connectivity index (χ4v) is 4.36. The van der Waals surface area contributed by atoms with E-state index in [-0.39, 0.29) is 5.91 Å². The Morgan fingerprint density at radius 3 is 2.20 bits per heavy atom. The van der Waals surface area contributed by atoms with E-state index in [1.807, 2.05) is 59.5 Å². The molecule has 5 nitrogen and oxygen atoms in total. The predicted molar refractivity (Wildman–Crippen MR) is 142 cm³/mol. The standard InChI is InChI=1S/C30H30N4O/c1-24-14-16-27(17-15-24)34-29(23-28(31-34)26-12-6-3-7-13-26)30(35)33-21-19-32(20-22-33)18-8-11-25-9-4-2-5-10-25/h2-17,23H,18-22H2,1H3/b11-8+. The van der Waals surface area contributed by atoms with Crippen molar-refractivity contribution >= 4 is 12.0 Å². The number of benzene rings is 3. The van der Waals surface area contributed by atoms with Crippen LogP contribution in [0.25, 0.3) is 23.0 Å². The van der Waals surface area contributed by atoms with E-state index in [2.05, 4.69) is 60.4 Å². The van der Waals surface area contributed by atoms with Gasteiger partial charge in [0.25, 0.3) is 5.91 Å². The number of aromatic nitrogens is 2. The summed E-state index contributed by atoms with van der Waals surface area (Å²) >= 11 is 0. The molecule has 5 rings (SSSR count). The summed E-state index contributed by atoms with van der Waals surface area (Å²) in [6, 6.07) is 30.4. The molecule has 1 amide bonds. The Bertz CT molecular complexity index is 1290. The van der Waals surface area contributed by atoms with Gasteiger partial charge in [0, 0.05) is 38.3 Å². The SMILES string of the molecule is Cc1ccc(-n2nc(-c3ccccc3)cc2C(=O)N2CCN(C/C=C/c3ccccc3)CC2)cc1. The molecule has 1 aromatic heterocycles. The molecule has 0 bridgehead atoms. The zero-order chi connectivity index (χ0) is 24.0. The molecule has 176 valence electrons. The van der Waals surface area contributed by atoms with Crippen molar-refractivity contribution in [3.05, 3.63) is 114 Å². The summed E-state index contributed by atoms with van der Waals surface area (Å²) in [5.74, 6) is 0.0275. The van der Waals surface area contributed by atoms with Gasteiger partial charge in [-0.05, 0) is 30.7 Å². The number of aryl methyl sites for hydroxylation is 1. The summed E-state index contributed by atoms with van der Waals surface area (Å²) in [6.07, 6.45) is 4.36. The van der Waals surface area contributed by atoms with Crippen molar-refractivity contribution in [1.82, 2.24) is 19.6 Å². The van der Waals surface area contributed by atoms with Crippen LogP contribution < -0.4 is 0 Å². The summed E-state index contributed by atoms with van der Waals surface area (Å²) in [5.41, 5.74) is 5.69. The second-order valence-corrected chi connectivity index (χ2v) is 8.93. The van der Waals surface area contributed by atoms with Crippen molar-refractivity contribution in [2.45, 2.75) is 6.92 Å². The van der Waals surface area contributed by atoms with Crippen LogP contribution >= 0.6 is 0 Å². The highest BCUT2D eigenvalue weighted by atomic mass is 16.2. The van der Waals surface area contributed by atoms with Crippen LogP contribution in [0.1, 0.15) is 21.6 Å². The highest BCUT2D eigenvalue weighted by Gasteiger charge is 2.26. The average Bonchev–Trinajstić information content (AvgIpc) is 3.36. The predicted octanol–water partition coefficient (Wildman–Crippen LogP) is 5.32. The topological polar surface area (TPSA) is 41.4 Å². The third-order valence-electron chi connectivity index (χ3n) is 6.41. The van der Waals surface area contributed by atoms with E-state index >= 15 is 0 Å². The van der Waals surface area contributed by atoms with Crippen LogP contribution in [0.4, 0.5) is 0 Å². The lowest BCUT2D eigenvalue weighted by molar-refractivity contribution is 0.0641. The molecule has 35 heavy (non-hydrogen) atoms. The van der Waals surface area contributed by atoms with Gasteiger partial charge >= 0.3 is 0 Å². The highest BCUT2D eigenvalue weighted by Crippen LogP contribution is 2.23. The second kappa shape index (κ2) is 10.5. The van der Waals surface area contributed by atoms with Gasteiger partial charge in [-0.3, -0.25) is 9.69 Å². The minimum atomic E-state index is 0.0275. The molecule has 4 aromatic rings. The van der Waals surface area contributed by atoms with Crippen molar-refractivity contribution in [1.29, 1.82) is 0 Å². The second-order valence-electron chi connectivity index (χ2n) is 8.93. The molecule has 0 saturated carbocycles. The first kappa shape index (κ1) is 22.8. The van der Waals surface area contributed by atoms with E-state index in [0.29, 0.717) is 18.8 Å². The van der Waals surface area contributed by atoms with E-state index < -0.39 is 0 Å². The molecule has 0 spiro atoms. The van der Waals surface area contributed by atoms with Crippen molar-refractivity contribution in [3.63, 3.8) is 0 Å². The zero-order valence-corrected chi connectivity index (χ0v) is 20.0. The van der Waals surface area contributed by atoms with Crippen molar-refractivity contribution < 1.29 is 4.79 Å². The van der Waals surface area contributed by atoms with Crippen LogP contribution in [0.2, 0.25) is 0 Å². The molecule has 5 heteroatoms. The number of hydrogen-bond acceptors (Lipinski definition) is 3. The molecule has 0 unspecified atom stereocenters. The Labute approximate surface area is 206 Å². The largest absolute Gasteiger partial charge is 0.335 e. The molecule has 1 fully saturated rings. The maximum Gasteiger partial charge on any atom is 0.272 e. The van der Waals surface area contributed by atoms with Gasteiger partial charge in [0.1, 0.15) is 5.69 Å². The molecule has 0 N–H and O–H groups in total. The van der Waals surface area contributed by atoms with E-state index in [1.165, 1.54) is 11.1 Å². The van der Waals surface area contributed by atoms with Crippen LogP contribution in [-0.2, 0) is 0 Å². The molecule has 2 heterocycles. The van der Waals surface area contributed by atoms with E-state index in [1.54, 1.807) is 4.68 Å². The summed E-state index contributed by atoms with van der Waals surface area (Å²) in [5, 5.41) is 4.83. The Hall–Kier alpha value is -3.96. The lowest BCUT2D eigenvalue weighted by Gasteiger charge is -2.34. The Morgan fingerprint density at radius 1 is 0.857 bits per heavy atom. The summed E-state index contributed by atoms with van der Waals surface area (Å²) in [7, 11) is 0.